The average Bonchev–Trinajstić information content (AvgIpc) is 3.02. The molecule has 134 valence electrons. The van der Waals surface area contributed by atoms with E-state index in [1.54, 1.807) is 36.0 Å². The summed E-state index contributed by atoms with van der Waals surface area (Å²) in [4.78, 5) is 11.1. The Bertz CT molecular complexity index is 940. The molecule has 1 N–H and O–H groups in total. The molecule has 0 saturated carbocycles. The molecule has 0 amide bonds. The van der Waals surface area contributed by atoms with Crippen LogP contribution in [0, 0.1) is 0 Å². The van der Waals surface area contributed by atoms with Crippen molar-refractivity contribution in [2.24, 2.45) is 5.10 Å². The van der Waals surface area contributed by atoms with Gasteiger partial charge in [0.05, 0.1) is 11.6 Å². The molecule has 0 fully saturated rings. The highest BCUT2D eigenvalue weighted by Crippen LogP contribution is 2.38. The fraction of sp³-hybridized carbons (Fsp3) is 0.278. The van der Waals surface area contributed by atoms with E-state index in [-0.39, 0.29) is 5.75 Å². The summed E-state index contributed by atoms with van der Waals surface area (Å²) in [5, 5.41) is 5.29. The summed E-state index contributed by atoms with van der Waals surface area (Å²) in [6.07, 6.45) is 7.71. The van der Waals surface area contributed by atoms with Gasteiger partial charge in [-0.1, -0.05) is 0 Å². The zero-order chi connectivity index (χ0) is 17.9. The molecule has 2 aromatic heterocycles. The van der Waals surface area contributed by atoms with Crippen LogP contribution in [0.1, 0.15) is 28.8 Å². The van der Waals surface area contributed by atoms with Crippen LogP contribution in [0.2, 0.25) is 0 Å². The Hall–Kier alpha value is -2.61. The molecule has 26 heavy (non-hydrogen) atoms. The van der Waals surface area contributed by atoms with E-state index in [1.165, 1.54) is 35.4 Å². The average molecular weight is 374 g/mol. The molecule has 4 rings (SSSR count). The van der Waals surface area contributed by atoms with Gasteiger partial charge in [0.1, 0.15) is 16.9 Å². The van der Waals surface area contributed by atoms with Crippen molar-refractivity contribution >= 4 is 33.6 Å². The monoisotopic (exact) mass is 374 g/mol. The number of thiophene rings is 1. The number of alkyl halides is 2. The Morgan fingerprint density at radius 2 is 1.96 bits per heavy atom. The van der Waals surface area contributed by atoms with Gasteiger partial charge in [-0.2, -0.15) is 13.9 Å². The maximum absolute atomic E-state index is 12.2. The summed E-state index contributed by atoms with van der Waals surface area (Å²) in [5.41, 5.74) is 5.09. The van der Waals surface area contributed by atoms with E-state index >= 15 is 0 Å². The van der Waals surface area contributed by atoms with Gasteiger partial charge in [-0.3, -0.25) is 5.43 Å². The molecular formula is C18H16F2N4OS. The van der Waals surface area contributed by atoms with Crippen LogP contribution in [-0.4, -0.2) is 22.8 Å². The number of hydrogen-bond donors (Lipinski definition) is 1. The summed E-state index contributed by atoms with van der Waals surface area (Å²) in [7, 11) is 0. The number of anilines is 1. The van der Waals surface area contributed by atoms with Gasteiger partial charge in [0.2, 0.25) is 0 Å². The molecule has 8 heteroatoms. The second-order valence-electron chi connectivity index (χ2n) is 5.93. The third kappa shape index (κ3) is 3.50. The Morgan fingerprint density at radius 1 is 1.15 bits per heavy atom. The van der Waals surface area contributed by atoms with Crippen LogP contribution in [0.5, 0.6) is 5.75 Å². The first kappa shape index (κ1) is 16.8. The molecule has 3 aromatic rings. The SMILES string of the molecule is FC(F)Oc1ccc(C=NNc2ncnc3sc4c(c23)CCCC4)cc1. The number of aryl methyl sites for hydroxylation is 2. The quantitative estimate of drug-likeness (QED) is 0.523. The van der Waals surface area contributed by atoms with Gasteiger partial charge in [0.25, 0.3) is 0 Å². The lowest BCUT2D eigenvalue weighted by Crippen LogP contribution is -2.02. The number of nitrogens with zero attached hydrogens (tertiary/aromatic N) is 3. The van der Waals surface area contributed by atoms with Gasteiger partial charge in [0, 0.05) is 4.88 Å². The number of hydrazone groups is 1. The molecule has 0 spiro atoms. The Kier molecular flexibility index (Phi) is 4.75. The minimum Gasteiger partial charge on any atom is -0.435 e. The maximum Gasteiger partial charge on any atom is 0.387 e. The molecule has 0 aliphatic heterocycles. The number of benzene rings is 1. The molecular weight excluding hydrogens is 358 g/mol. The molecule has 0 atom stereocenters. The van der Waals surface area contributed by atoms with Gasteiger partial charge in [-0.05, 0) is 61.1 Å². The molecule has 5 nitrogen and oxygen atoms in total. The summed E-state index contributed by atoms with van der Waals surface area (Å²) in [5.74, 6) is 0.816. The number of fused-ring (bicyclic) bond motifs is 3. The molecule has 0 saturated heterocycles. The van der Waals surface area contributed by atoms with Crippen molar-refractivity contribution in [2.75, 3.05) is 5.43 Å². The summed E-state index contributed by atoms with van der Waals surface area (Å²) in [6.45, 7) is -2.83. The van der Waals surface area contributed by atoms with E-state index < -0.39 is 6.61 Å². The topological polar surface area (TPSA) is 59.4 Å². The van der Waals surface area contributed by atoms with Gasteiger partial charge in [-0.15, -0.1) is 11.3 Å². The molecule has 1 aliphatic carbocycles. The predicted molar refractivity (Wildman–Crippen MR) is 98.3 cm³/mol. The molecule has 1 aliphatic rings. The van der Waals surface area contributed by atoms with Crippen molar-refractivity contribution in [3.63, 3.8) is 0 Å². The number of ether oxygens (including phenoxy) is 1. The zero-order valence-corrected chi connectivity index (χ0v) is 14.6. The summed E-state index contributed by atoms with van der Waals surface area (Å²) in [6, 6.07) is 6.27. The van der Waals surface area contributed by atoms with E-state index in [0.717, 1.165) is 28.6 Å². The Morgan fingerprint density at radius 3 is 2.77 bits per heavy atom. The largest absolute Gasteiger partial charge is 0.435 e. The fourth-order valence-corrected chi connectivity index (χ4v) is 4.31. The van der Waals surface area contributed by atoms with Gasteiger partial charge < -0.3 is 4.74 Å². The van der Waals surface area contributed by atoms with E-state index in [2.05, 4.69) is 25.2 Å². The maximum atomic E-state index is 12.2. The highest BCUT2D eigenvalue weighted by molar-refractivity contribution is 7.19. The third-order valence-corrected chi connectivity index (χ3v) is 5.44. The summed E-state index contributed by atoms with van der Waals surface area (Å²) < 4.78 is 28.7. The van der Waals surface area contributed by atoms with Crippen LogP contribution in [0.15, 0.2) is 35.7 Å². The van der Waals surface area contributed by atoms with E-state index in [4.69, 9.17) is 0 Å². The van der Waals surface area contributed by atoms with E-state index in [0.29, 0.717) is 5.82 Å². The lowest BCUT2D eigenvalue weighted by atomic mass is 9.97. The number of aromatic nitrogens is 2. The van der Waals surface area contributed by atoms with Crippen LogP contribution in [0.4, 0.5) is 14.6 Å². The molecule has 2 heterocycles. The van der Waals surface area contributed by atoms with Crippen molar-refractivity contribution in [3.8, 4) is 5.75 Å². The minimum atomic E-state index is -2.83. The smallest absolute Gasteiger partial charge is 0.387 e. The van der Waals surface area contributed by atoms with Crippen molar-refractivity contribution in [1.82, 2.24) is 9.97 Å². The fourth-order valence-electron chi connectivity index (χ4n) is 3.08. The van der Waals surface area contributed by atoms with Crippen molar-refractivity contribution in [3.05, 3.63) is 46.6 Å². The second kappa shape index (κ2) is 7.33. The van der Waals surface area contributed by atoms with Crippen molar-refractivity contribution in [1.29, 1.82) is 0 Å². The Balaban J connectivity index is 1.52. The summed E-state index contributed by atoms with van der Waals surface area (Å²) >= 11 is 1.73. The van der Waals surface area contributed by atoms with Crippen molar-refractivity contribution in [2.45, 2.75) is 32.3 Å². The minimum absolute atomic E-state index is 0.118. The number of halogens is 2. The predicted octanol–water partition coefficient (Wildman–Crippen LogP) is 4.62. The molecule has 1 aromatic carbocycles. The number of hydrogen-bond acceptors (Lipinski definition) is 6. The second-order valence-corrected chi connectivity index (χ2v) is 7.01. The van der Waals surface area contributed by atoms with Crippen molar-refractivity contribution < 1.29 is 13.5 Å². The molecule has 0 radical (unpaired) electrons. The highest BCUT2D eigenvalue weighted by atomic mass is 32.1. The van der Waals surface area contributed by atoms with Crippen LogP contribution in [-0.2, 0) is 12.8 Å². The third-order valence-electron chi connectivity index (χ3n) is 4.24. The van der Waals surface area contributed by atoms with Crippen LogP contribution >= 0.6 is 11.3 Å². The van der Waals surface area contributed by atoms with Gasteiger partial charge >= 0.3 is 6.61 Å². The first-order chi connectivity index (χ1) is 12.7. The van der Waals surface area contributed by atoms with Crippen LogP contribution < -0.4 is 10.2 Å². The number of rotatable bonds is 5. The standard InChI is InChI=1S/C18H16F2N4OS/c19-18(20)25-12-7-5-11(6-8-12)9-23-24-16-15-13-3-1-2-4-14(13)26-17(15)22-10-21-16/h5-10,18H,1-4H2,(H,21,22,24). The lowest BCUT2D eigenvalue weighted by Gasteiger charge is -2.11. The molecule has 0 unspecified atom stereocenters. The van der Waals surface area contributed by atoms with E-state index in [1.807, 2.05) is 0 Å². The zero-order valence-electron chi connectivity index (χ0n) is 13.8. The van der Waals surface area contributed by atoms with Crippen LogP contribution in [0.25, 0.3) is 10.2 Å². The first-order valence-electron chi connectivity index (χ1n) is 8.30. The van der Waals surface area contributed by atoms with E-state index in [9.17, 15) is 8.78 Å². The number of nitrogens with one attached hydrogen (secondary N) is 1. The Labute approximate surface area is 152 Å². The van der Waals surface area contributed by atoms with Gasteiger partial charge in [0.15, 0.2) is 5.82 Å². The molecule has 0 bridgehead atoms. The first-order valence-corrected chi connectivity index (χ1v) is 9.11. The van der Waals surface area contributed by atoms with Crippen LogP contribution in [0.3, 0.4) is 0 Å². The lowest BCUT2D eigenvalue weighted by molar-refractivity contribution is -0.0498. The van der Waals surface area contributed by atoms with Gasteiger partial charge in [-0.25, -0.2) is 9.97 Å². The highest BCUT2D eigenvalue weighted by Gasteiger charge is 2.19. The normalized spacial score (nSPS) is 14.1.